The number of nitrogens with two attached hydrogens (primary N) is 1. The molecule has 2 heterocycles. The van der Waals surface area contributed by atoms with Crippen molar-refractivity contribution in [1.82, 2.24) is 15.1 Å². The van der Waals surface area contributed by atoms with Gasteiger partial charge in [0.2, 0.25) is 11.8 Å². The lowest BCUT2D eigenvalue weighted by molar-refractivity contribution is -0.133. The van der Waals surface area contributed by atoms with E-state index >= 15 is 0 Å². The van der Waals surface area contributed by atoms with Gasteiger partial charge in [-0.15, -0.1) is 0 Å². The SMILES string of the molecule is CN(C)C(=O)CNC(=O)C(C)(N)CN1CC(Oc2ccc3c(c2C(=O)O)O[B-](O)(O)C2CC32)C1. The van der Waals surface area contributed by atoms with Gasteiger partial charge in [0.15, 0.2) is 0 Å². The summed E-state index contributed by atoms with van der Waals surface area (Å²) >= 11 is 0. The molecule has 0 spiro atoms. The molecule has 0 aromatic heterocycles. The number of hydrogen-bond donors (Lipinski definition) is 5. The summed E-state index contributed by atoms with van der Waals surface area (Å²) in [5.74, 6) is -2.50. The van der Waals surface area contributed by atoms with Crippen LogP contribution in [0, 0.1) is 0 Å². The summed E-state index contributed by atoms with van der Waals surface area (Å²) in [7, 11) is 3.18. The van der Waals surface area contributed by atoms with E-state index in [4.69, 9.17) is 15.1 Å². The van der Waals surface area contributed by atoms with Crippen molar-refractivity contribution in [1.29, 1.82) is 0 Å². The standard InChI is InChI=1S/C21H30BN4O8/c1-21(23,20(30)24-7-16(27)25(2)3)10-26-8-11(9-26)33-15-5-4-12-13-6-14(13)22(31,32)34-18(12)17(15)19(28)29/h4-5,11,13-14,31-32H,6-10,23H2,1-3H3,(H,24,30)(H,28,29)/q-1. The summed E-state index contributed by atoms with van der Waals surface area (Å²) in [6.45, 7) is -0.647. The Balaban J connectivity index is 1.36. The highest BCUT2D eigenvalue weighted by Crippen LogP contribution is 2.63. The maximum absolute atomic E-state index is 12.4. The number of nitrogens with zero attached hydrogens (tertiary/aromatic N) is 2. The number of carbonyl (C=O) groups is 3. The van der Waals surface area contributed by atoms with Gasteiger partial charge >= 0.3 is 12.7 Å². The van der Waals surface area contributed by atoms with Crippen LogP contribution in [0.25, 0.3) is 0 Å². The van der Waals surface area contributed by atoms with E-state index < -0.39 is 30.0 Å². The third kappa shape index (κ3) is 4.56. The molecule has 2 aliphatic heterocycles. The van der Waals surface area contributed by atoms with Crippen LogP contribution in [0.5, 0.6) is 11.5 Å². The highest BCUT2D eigenvalue weighted by atomic mass is 16.6. The Morgan fingerprint density at radius 3 is 2.62 bits per heavy atom. The maximum Gasteiger partial charge on any atom is 0.434 e. The van der Waals surface area contributed by atoms with Crippen molar-refractivity contribution in [3.8, 4) is 11.5 Å². The van der Waals surface area contributed by atoms with Gasteiger partial charge in [-0.05, 0) is 24.5 Å². The first-order valence-corrected chi connectivity index (χ1v) is 11.1. The highest BCUT2D eigenvalue weighted by Gasteiger charge is 2.55. The van der Waals surface area contributed by atoms with Crippen molar-refractivity contribution >= 4 is 24.5 Å². The van der Waals surface area contributed by atoms with Crippen LogP contribution in [-0.2, 0) is 9.59 Å². The Morgan fingerprint density at radius 2 is 2.00 bits per heavy atom. The molecule has 0 radical (unpaired) electrons. The van der Waals surface area contributed by atoms with Gasteiger partial charge in [0.25, 0.3) is 0 Å². The van der Waals surface area contributed by atoms with Gasteiger partial charge in [0, 0.05) is 33.7 Å². The van der Waals surface area contributed by atoms with Gasteiger partial charge in [0.05, 0.1) is 12.3 Å². The van der Waals surface area contributed by atoms with Crippen LogP contribution in [0.2, 0.25) is 5.82 Å². The van der Waals surface area contributed by atoms with E-state index in [1.165, 1.54) is 4.90 Å². The van der Waals surface area contributed by atoms with Crippen molar-refractivity contribution in [2.45, 2.75) is 36.7 Å². The molecule has 3 aliphatic rings. The number of likely N-dealkylation sites (tertiary alicyclic amines) is 1. The van der Waals surface area contributed by atoms with E-state index in [1.54, 1.807) is 33.2 Å². The van der Waals surface area contributed by atoms with E-state index in [0.717, 1.165) is 0 Å². The summed E-state index contributed by atoms with van der Waals surface area (Å²) in [6.07, 6.45) is 0.187. The van der Waals surface area contributed by atoms with Gasteiger partial charge < -0.3 is 40.5 Å². The van der Waals surface area contributed by atoms with Crippen LogP contribution >= 0.6 is 0 Å². The molecule has 1 aromatic rings. The third-order valence-electron chi connectivity index (χ3n) is 6.64. The van der Waals surface area contributed by atoms with E-state index in [1.807, 2.05) is 4.90 Å². The topological polar surface area (TPSA) is 175 Å². The monoisotopic (exact) mass is 477 g/mol. The molecule has 3 unspecified atom stereocenters. The Bertz CT molecular complexity index is 1020. The van der Waals surface area contributed by atoms with E-state index in [-0.39, 0.29) is 48.1 Å². The fraction of sp³-hybridized carbons (Fsp3) is 0.571. The first kappa shape index (κ1) is 24.3. The van der Waals surface area contributed by atoms with Crippen molar-refractivity contribution in [2.75, 3.05) is 40.3 Å². The molecular weight excluding hydrogens is 447 g/mol. The fourth-order valence-corrected chi connectivity index (χ4v) is 4.57. The number of aromatic carboxylic acids is 1. The molecule has 13 heteroatoms. The van der Waals surface area contributed by atoms with Crippen LogP contribution in [-0.4, -0.2) is 101 Å². The second kappa shape index (κ2) is 8.41. The number of benzene rings is 1. The average molecular weight is 477 g/mol. The van der Waals surface area contributed by atoms with E-state index in [0.29, 0.717) is 25.1 Å². The molecule has 0 bridgehead atoms. The summed E-state index contributed by atoms with van der Waals surface area (Å²) in [5, 5.41) is 32.6. The van der Waals surface area contributed by atoms with Crippen LogP contribution in [0.3, 0.4) is 0 Å². The number of carboxylic acid groups (broad SMARTS) is 1. The zero-order valence-electron chi connectivity index (χ0n) is 19.4. The molecule has 3 atom stereocenters. The van der Waals surface area contributed by atoms with E-state index in [9.17, 15) is 29.5 Å². The molecule has 2 amide bonds. The predicted octanol–water partition coefficient (Wildman–Crippen LogP) is -1.46. The number of amides is 2. The number of likely N-dealkylation sites (N-methyl/N-ethyl adjacent to an activating group) is 1. The minimum Gasteiger partial charge on any atom is -0.669 e. The zero-order chi connectivity index (χ0) is 25.0. The predicted molar refractivity (Wildman–Crippen MR) is 120 cm³/mol. The largest absolute Gasteiger partial charge is 0.669 e. The van der Waals surface area contributed by atoms with Crippen molar-refractivity contribution < 1.29 is 38.9 Å². The molecular formula is C21H30BN4O8-. The molecule has 12 nitrogen and oxygen atoms in total. The quantitative estimate of drug-likeness (QED) is 0.279. The first-order valence-electron chi connectivity index (χ1n) is 11.1. The number of nitrogens with one attached hydrogen (secondary N) is 1. The Labute approximate surface area is 196 Å². The number of rotatable bonds is 8. The van der Waals surface area contributed by atoms with Crippen molar-refractivity contribution in [2.24, 2.45) is 5.73 Å². The molecule has 2 fully saturated rings. The van der Waals surface area contributed by atoms with Gasteiger partial charge in [-0.1, -0.05) is 18.3 Å². The average Bonchev–Trinajstić information content (AvgIpc) is 3.51. The number of carboxylic acids is 1. The Morgan fingerprint density at radius 1 is 1.32 bits per heavy atom. The van der Waals surface area contributed by atoms with E-state index in [2.05, 4.69) is 5.32 Å². The first-order chi connectivity index (χ1) is 15.8. The van der Waals surface area contributed by atoms with Gasteiger partial charge in [-0.25, -0.2) is 4.79 Å². The zero-order valence-corrected chi connectivity index (χ0v) is 19.4. The summed E-state index contributed by atoms with van der Waals surface area (Å²) < 4.78 is 11.2. The lowest BCUT2D eigenvalue weighted by Crippen LogP contribution is -2.64. The number of fused-ring (bicyclic) bond motifs is 3. The maximum atomic E-state index is 12.4. The van der Waals surface area contributed by atoms with Gasteiger partial charge in [-0.3, -0.25) is 14.5 Å². The van der Waals surface area contributed by atoms with Crippen LogP contribution in [0.1, 0.15) is 35.2 Å². The third-order valence-corrected chi connectivity index (χ3v) is 6.64. The lowest BCUT2D eigenvalue weighted by atomic mass is 9.68. The molecule has 6 N–H and O–H groups in total. The minimum atomic E-state index is -3.11. The van der Waals surface area contributed by atoms with Crippen LogP contribution < -0.4 is 20.4 Å². The highest BCUT2D eigenvalue weighted by molar-refractivity contribution is 6.62. The van der Waals surface area contributed by atoms with Crippen molar-refractivity contribution in [3.63, 3.8) is 0 Å². The van der Waals surface area contributed by atoms with Gasteiger partial charge in [-0.2, -0.15) is 0 Å². The summed E-state index contributed by atoms with van der Waals surface area (Å²) in [5.41, 5.74) is 5.33. The molecule has 1 aliphatic carbocycles. The van der Waals surface area contributed by atoms with Gasteiger partial charge in [0.1, 0.15) is 23.0 Å². The van der Waals surface area contributed by atoms with Crippen LogP contribution in [0.15, 0.2) is 12.1 Å². The number of ether oxygens (including phenoxy) is 1. The molecule has 186 valence electrons. The Hall–Kier alpha value is -2.87. The second-order valence-corrected chi connectivity index (χ2v) is 9.87. The second-order valence-electron chi connectivity index (χ2n) is 9.87. The smallest absolute Gasteiger partial charge is 0.434 e. The summed E-state index contributed by atoms with van der Waals surface area (Å²) in [6, 6.07) is 3.28. The Kier molecular flexibility index (Phi) is 6.01. The normalized spacial score (nSPS) is 24.4. The molecule has 34 heavy (non-hydrogen) atoms. The molecule has 4 rings (SSSR count). The fourth-order valence-electron chi connectivity index (χ4n) is 4.57. The van der Waals surface area contributed by atoms with Crippen LogP contribution in [0.4, 0.5) is 0 Å². The van der Waals surface area contributed by atoms with Crippen molar-refractivity contribution in [3.05, 3.63) is 23.3 Å². The summed E-state index contributed by atoms with van der Waals surface area (Å²) in [4.78, 5) is 39.3. The molecule has 1 saturated heterocycles. The number of hydrogen-bond acceptors (Lipinski definition) is 9. The number of carbonyl (C=O) groups excluding carboxylic acids is 2. The molecule has 1 saturated carbocycles. The minimum absolute atomic E-state index is 0.0524. The lowest BCUT2D eigenvalue weighted by Gasteiger charge is -2.43. The molecule has 1 aromatic carbocycles.